The Hall–Kier alpha value is -0.870. The number of esters is 1. The van der Waals surface area contributed by atoms with Gasteiger partial charge in [0, 0.05) is 11.4 Å². The molecule has 1 atom stereocenters. The van der Waals surface area contributed by atoms with E-state index in [1.807, 2.05) is 13.0 Å². The van der Waals surface area contributed by atoms with E-state index >= 15 is 0 Å². The van der Waals surface area contributed by atoms with Gasteiger partial charge in [-0.2, -0.15) is 0 Å². The van der Waals surface area contributed by atoms with Gasteiger partial charge in [0.05, 0.1) is 6.61 Å². The van der Waals surface area contributed by atoms with Crippen LogP contribution in [0.5, 0.6) is 0 Å². The highest BCUT2D eigenvalue weighted by Gasteiger charge is 2.31. The third-order valence-electron chi connectivity index (χ3n) is 4.15. The molecular weight excluding hydrogens is 270 g/mol. The van der Waals surface area contributed by atoms with Crippen LogP contribution in [0.2, 0.25) is 0 Å². The van der Waals surface area contributed by atoms with E-state index in [1.165, 1.54) is 17.7 Å². The molecule has 1 heterocycles. The van der Waals surface area contributed by atoms with Crippen LogP contribution in [-0.2, 0) is 16.1 Å². The standard InChI is InChI=1S/C16H25NO2S/c1-3-19-16(18)15(13-8-6-12(2)7-9-13)17-11-14-5-4-10-20-14/h4-5,10,12-13,15,17H,3,6-9,11H2,1-2H3. The van der Waals surface area contributed by atoms with E-state index in [0.717, 1.165) is 25.3 Å². The van der Waals surface area contributed by atoms with E-state index in [-0.39, 0.29) is 12.0 Å². The van der Waals surface area contributed by atoms with E-state index in [0.29, 0.717) is 12.5 Å². The van der Waals surface area contributed by atoms with Crippen molar-refractivity contribution in [3.8, 4) is 0 Å². The van der Waals surface area contributed by atoms with E-state index < -0.39 is 0 Å². The molecule has 1 unspecified atom stereocenters. The fourth-order valence-electron chi connectivity index (χ4n) is 2.92. The van der Waals surface area contributed by atoms with Crippen molar-refractivity contribution in [1.29, 1.82) is 0 Å². The predicted octanol–water partition coefficient (Wildman–Crippen LogP) is 3.60. The van der Waals surface area contributed by atoms with Crippen LogP contribution in [0.15, 0.2) is 17.5 Å². The molecule has 0 radical (unpaired) electrons. The summed E-state index contributed by atoms with van der Waals surface area (Å²) in [5, 5.41) is 5.50. The van der Waals surface area contributed by atoms with E-state index in [1.54, 1.807) is 11.3 Å². The number of ether oxygens (including phenoxy) is 1. The lowest BCUT2D eigenvalue weighted by atomic mass is 9.79. The normalized spacial score (nSPS) is 24.3. The number of carbonyl (C=O) groups is 1. The van der Waals surface area contributed by atoms with Gasteiger partial charge in [-0.15, -0.1) is 11.3 Å². The van der Waals surface area contributed by atoms with Gasteiger partial charge in [0.2, 0.25) is 0 Å². The fraction of sp³-hybridized carbons (Fsp3) is 0.688. The Bertz CT molecular complexity index is 397. The molecule has 1 saturated carbocycles. The first-order valence-electron chi connectivity index (χ1n) is 7.63. The zero-order valence-corrected chi connectivity index (χ0v) is 13.2. The van der Waals surface area contributed by atoms with Gasteiger partial charge < -0.3 is 4.74 Å². The number of nitrogens with one attached hydrogen (secondary N) is 1. The summed E-state index contributed by atoms with van der Waals surface area (Å²) >= 11 is 1.72. The Morgan fingerprint density at radius 3 is 2.80 bits per heavy atom. The van der Waals surface area contributed by atoms with Gasteiger partial charge >= 0.3 is 5.97 Å². The lowest BCUT2D eigenvalue weighted by molar-refractivity contribution is -0.147. The molecular formula is C16H25NO2S. The van der Waals surface area contributed by atoms with Crippen LogP contribution >= 0.6 is 11.3 Å². The molecule has 1 N–H and O–H groups in total. The first kappa shape index (κ1) is 15.5. The van der Waals surface area contributed by atoms with E-state index in [9.17, 15) is 4.79 Å². The molecule has 3 nitrogen and oxygen atoms in total. The summed E-state index contributed by atoms with van der Waals surface area (Å²) in [6.07, 6.45) is 4.70. The molecule has 0 amide bonds. The second kappa shape index (κ2) is 7.79. The SMILES string of the molecule is CCOC(=O)C(NCc1cccs1)C1CCC(C)CC1. The minimum Gasteiger partial charge on any atom is -0.465 e. The topological polar surface area (TPSA) is 38.3 Å². The van der Waals surface area contributed by atoms with Crippen molar-refractivity contribution in [2.45, 2.75) is 52.1 Å². The van der Waals surface area contributed by atoms with E-state index in [4.69, 9.17) is 4.74 Å². The Morgan fingerprint density at radius 2 is 2.20 bits per heavy atom. The second-order valence-electron chi connectivity index (χ2n) is 5.71. The maximum absolute atomic E-state index is 12.2. The summed E-state index contributed by atoms with van der Waals surface area (Å²) < 4.78 is 5.26. The molecule has 20 heavy (non-hydrogen) atoms. The Morgan fingerprint density at radius 1 is 1.45 bits per heavy atom. The molecule has 0 bridgehead atoms. The van der Waals surface area contributed by atoms with Crippen molar-refractivity contribution >= 4 is 17.3 Å². The fourth-order valence-corrected chi connectivity index (χ4v) is 3.57. The Labute approximate surface area is 125 Å². The number of hydrogen-bond acceptors (Lipinski definition) is 4. The van der Waals surface area contributed by atoms with Gasteiger partial charge in [0.25, 0.3) is 0 Å². The molecule has 4 heteroatoms. The van der Waals surface area contributed by atoms with Crippen LogP contribution in [0.1, 0.15) is 44.4 Å². The van der Waals surface area contributed by atoms with Crippen LogP contribution in [0.4, 0.5) is 0 Å². The molecule has 0 aliphatic heterocycles. The van der Waals surface area contributed by atoms with Gasteiger partial charge in [-0.05, 0) is 43.0 Å². The summed E-state index contributed by atoms with van der Waals surface area (Å²) in [6.45, 7) is 5.39. The zero-order valence-electron chi connectivity index (χ0n) is 12.4. The van der Waals surface area contributed by atoms with Gasteiger partial charge in [-0.25, -0.2) is 0 Å². The molecule has 1 fully saturated rings. The maximum atomic E-state index is 12.2. The molecule has 2 rings (SSSR count). The van der Waals surface area contributed by atoms with Crippen molar-refractivity contribution in [3.63, 3.8) is 0 Å². The number of carbonyl (C=O) groups excluding carboxylic acids is 1. The molecule has 1 aliphatic carbocycles. The van der Waals surface area contributed by atoms with Crippen molar-refractivity contribution < 1.29 is 9.53 Å². The van der Waals surface area contributed by atoms with Crippen LogP contribution in [-0.4, -0.2) is 18.6 Å². The quantitative estimate of drug-likeness (QED) is 0.815. The van der Waals surface area contributed by atoms with Crippen LogP contribution in [0.25, 0.3) is 0 Å². The zero-order chi connectivity index (χ0) is 14.4. The summed E-state index contributed by atoms with van der Waals surface area (Å²) in [5.74, 6) is 1.14. The number of thiophene rings is 1. The average molecular weight is 295 g/mol. The average Bonchev–Trinajstić information content (AvgIpc) is 2.94. The molecule has 0 spiro atoms. The monoisotopic (exact) mass is 295 g/mol. The van der Waals surface area contributed by atoms with Gasteiger partial charge in [0.1, 0.15) is 6.04 Å². The van der Waals surface area contributed by atoms with Crippen LogP contribution in [0, 0.1) is 11.8 Å². The van der Waals surface area contributed by atoms with Crippen molar-refractivity contribution in [1.82, 2.24) is 5.32 Å². The van der Waals surface area contributed by atoms with E-state index in [2.05, 4.69) is 23.7 Å². The number of rotatable bonds is 6. The van der Waals surface area contributed by atoms with Gasteiger partial charge in [0.15, 0.2) is 0 Å². The molecule has 112 valence electrons. The largest absolute Gasteiger partial charge is 0.465 e. The van der Waals surface area contributed by atoms with Crippen molar-refractivity contribution in [2.24, 2.45) is 11.8 Å². The Kier molecular flexibility index (Phi) is 6.05. The first-order chi connectivity index (χ1) is 9.70. The third kappa shape index (κ3) is 4.32. The van der Waals surface area contributed by atoms with Gasteiger partial charge in [-0.3, -0.25) is 10.1 Å². The van der Waals surface area contributed by atoms with Crippen LogP contribution in [0.3, 0.4) is 0 Å². The molecule has 1 aromatic rings. The third-order valence-corrected chi connectivity index (χ3v) is 5.03. The predicted molar refractivity (Wildman–Crippen MR) is 82.7 cm³/mol. The molecule has 1 aromatic heterocycles. The molecule has 1 aliphatic rings. The summed E-state index contributed by atoms with van der Waals surface area (Å²) in [5.41, 5.74) is 0. The van der Waals surface area contributed by atoms with Crippen molar-refractivity contribution in [3.05, 3.63) is 22.4 Å². The smallest absolute Gasteiger partial charge is 0.323 e. The minimum atomic E-state index is -0.149. The lowest BCUT2D eigenvalue weighted by Gasteiger charge is -2.31. The first-order valence-corrected chi connectivity index (χ1v) is 8.51. The highest BCUT2D eigenvalue weighted by Crippen LogP contribution is 2.31. The number of hydrogen-bond donors (Lipinski definition) is 1. The van der Waals surface area contributed by atoms with Crippen molar-refractivity contribution in [2.75, 3.05) is 6.61 Å². The molecule has 0 aromatic carbocycles. The van der Waals surface area contributed by atoms with Crippen LogP contribution < -0.4 is 5.32 Å². The lowest BCUT2D eigenvalue weighted by Crippen LogP contribution is -2.44. The molecule has 0 saturated heterocycles. The Balaban J connectivity index is 1.94. The maximum Gasteiger partial charge on any atom is 0.323 e. The highest BCUT2D eigenvalue weighted by atomic mass is 32.1. The summed E-state index contributed by atoms with van der Waals surface area (Å²) in [6, 6.07) is 4.00. The second-order valence-corrected chi connectivity index (χ2v) is 6.74. The minimum absolute atomic E-state index is 0.0800. The summed E-state index contributed by atoms with van der Waals surface area (Å²) in [4.78, 5) is 13.5. The van der Waals surface area contributed by atoms with Gasteiger partial charge in [-0.1, -0.05) is 25.8 Å². The highest BCUT2D eigenvalue weighted by molar-refractivity contribution is 7.09. The summed E-state index contributed by atoms with van der Waals surface area (Å²) in [7, 11) is 0.